The molecule has 4 rings (SSSR count). The summed E-state index contributed by atoms with van der Waals surface area (Å²) in [5, 5.41) is 3.07. The fourth-order valence-corrected chi connectivity index (χ4v) is 3.80. The number of nitrogens with one attached hydrogen (secondary N) is 1. The van der Waals surface area contributed by atoms with Crippen LogP contribution in [0, 0.1) is 6.92 Å². The van der Waals surface area contributed by atoms with Gasteiger partial charge < -0.3 is 19.4 Å². The minimum atomic E-state index is -0.0326. The molecule has 6 heteroatoms. The van der Waals surface area contributed by atoms with E-state index in [0.717, 1.165) is 24.6 Å². The zero-order valence-corrected chi connectivity index (χ0v) is 15.8. The highest BCUT2D eigenvalue weighted by Gasteiger charge is 2.33. The molecular weight excluding hydrogens is 342 g/mol. The third-order valence-electron chi connectivity index (χ3n) is 5.33. The molecule has 0 bridgehead atoms. The number of hydrogen-bond donors (Lipinski definition) is 1. The Labute approximate surface area is 160 Å². The summed E-state index contributed by atoms with van der Waals surface area (Å²) in [6.45, 7) is 5.95. The van der Waals surface area contributed by atoms with Gasteiger partial charge in [0, 0.05) is 6.54 Å². The minimum Gasteiger partial charge on any atom is -0.487 e. The second-order valence-electron chi connectivity index (χ2n) is 7.42. The van der Waals surface area contributed by atoms with Crippen LogP contribution in [0.3, 0.4) is 0 Å². The second kappa shape index (κ2) is 8.05. The van der Waals surface area contributed by atoms with Gasteiger partial charge in [-0.25, -0.2) is 4.79 Å². The summed E-state index contributed by atoms with van der Waals surface area (Å²) in [5.41, 5.74) is 1.17. The van der Waals surface area contributed by atoms with Gasteiger partial charge in [-0.05, 0) is 62.7 Å². The van der Waals surface area contributed by atoms with Crippen molar-refractivity contribution >= 4 is 6.03 Å². The molecule has 3 heterocycles. The van der Waals surface area contributed by atoms with Gasteiger partial charge in [0.1, 0.15) is 17.6 Å². The summed E-state index contributed by atoms with van der Waals surface area (Å²) in [7, 11) is 0. The van der Waals surface area contributed by atoms with Crippen LogP contribution in [0.25, 0.3) is 0 Å². The molecule has 0 aliphatic carbocycles. The van der Waals surface area contributed by atoms with Crippen molar-refractivity contribution in [1.29, 1.82) is 0 Å². The molecule has 6 nitrogen and oxygen atoms in total. The van der Waals surface area contributed by atoms with Crippen molar-refractivity contribution in [1.82, 2.24) is 15.1 Å². The molecule has 2 aliphatic rings. The maximum absolute atomic E-state index is 12.5. The summed E-state index contributed by atoms with van der Waals surface area (Å²) in [5.74, 6) is 1.79. The highest BCUT2D eigenvalue weighted by molar-refractivity contribution is 5.75. The van der Waals surface area contributed by atoms with E-state index in [4.69, 9.17) is 9.15 Å². The van der Waals surface area contributed by atoms with E-state index in [-0.39, 0.29) is 18.2 Å². The third-order valence-corrected chi connectivity index (χ3v) is 5.33. The molecule has 1 atom stereocenters. The van der Waals surface area contributed by atoms with Crippen LogP contribution in [-0.2, 0) is 0 Å². The van der Waals surface area contributed by atoms with Crippen LogP contribution in [0.4, 0.5) is 4.79 Å². The number of benzene rings is 1. The quantitative estimate of drug-likeness (QED) is 0.850. The van der Waals surface area contributed by atoms with E-state index in [9.17, 15) is 4.79 Å². The van der Waals surface area contributed by atoms with Crippen LogP contribution in [0.1, 0.15) is 30.2 Å². The second-order valence-corrected chi connectivity index (χ2v) is 7.42. The number of hydrogen-bond acceptors (Lipinski definition) is 4. The SMILES string of the molecule is Cc1cccc(OC2CN(C(=O)NC[C@@H](c3ccco3)N3CCCC3)C2)c1. The zero-order valence-electron chi connectivity index (χ0n) is 15.8. The highest BCUT2D eigenvalue weighted by atomic mass is 16.5. The average Bonchev–Trinajstić information content (AvgIpc) is 3.32. The van der Waals surface area contributed by atoms with E-state index >= 15 is 0 Å². The maximum atomic E-state index is 12.5. The van der Waals surface area contributed by atoms with Gasteiger partial charge in [-0.15, -0.1) is 0 Å². The lowest BCUT2D eigenvalue weighted by atomic mass is 10.1. The number of ether oxygens (including phenoxy) is 1. The molecular formula is C21H27N3O3. The molecule has 2 amide bonds. The summed E-state index contributed by atoms with van der Waals surface area (Å²) >= 11 is 0. The Hall–Kier alpha value is -2.47. The minimum absolute atomic E-state index is 0.0326. The van der Waals surface area contributed by atoms with Gasteiger partial charge in [-0.2, -0.15) is 0 Å². The Balaban J connectivity index is 1.26. The lowest BCUT2D eigenvalue weighted by Crippen LogP contribution is -2.59. The molecule has 0 spiro atoms. The Kier molecular flexibility index (Phi) is 5.34. The first kappa shape index (κ1) is 17.9. The van der Waals surface area contributed by atoms with Crippen molar-refractivity contribution in [3.63, 3.8) is 0 Å². The Morgan fingerprint density at radius 3 is 2.78 bits per heavy atom. The monoisotopic (exact) mass is 369 g/mol. The molecule has 0 saturated carbocycles. The standard InChI is InChI=1S/C21H27N3O3/c1-16-6-4-7-17(12-16)27-18-14-24(15-18)21(25)22-13-19(20-8-5-11-26-20)23-9-2-3-10-23/h4-8,11-12,18-19H,2-3,9-10,13-15H2,1H3,(H,22,25)/t19-/m0/s1. The lowest BCUT2D eigenvalue weighted by molar-refractivity contribution is 0.0436. The van der Waals surface area contributed by atoms with Crippen molar-refractivity contribution in [2.45, 2.75) is 31.9 Å². The van der Waals surface area contributed by atoms with E-state index in [1.807, 2.05) is 43.3 Å². The van der Waals surface area contributed by atoms with Gasteiger partial charge in [-0.1, -0.05) is 12.1 Å². The maximum Gasteiger partial charge on any atom is 0.317 e. The number of carbonyl (C=O) groups excluding carboxylic acids is 1. The Morgan fingerprint density at radius 2 is 2.07 bits per heavy atom. The van der Waals surface area contributed by atoms with E-state index in [2.05, 4.69) is 10.2 Å². The molecule has 2 aromatic rings. The summed E-state index contributed by atoms with van der Waals surface area (Å²) in [6, 6.07) is 12.0. The number of carbonyl (C=O) groups is 1. The van der Waals surface area contributed by atoms with Crippen molar-refractivity contribution in [3.05, 3.63) is 54.0 Å². The fourth-order valence-electron chi connectivity index (χ4n) is 3.80. The smallest absolute Gasteiger partial charge is 0.317 e. The predicted octanol–water partition coefficient (Wildman–Crippen LogP) is 3.20. The summed E-state index contributed by atoms with van der Waals surface area (Å²) in [4.78, 5) is 16.7. The first-order valence-electron chi connectivity index (χ1n) is 9.72. The lowest BCUT2D eigenvalue weighted by Gasteiger charge is -2.39. The molecule has 0 unspecified atom stereocenters. The fraction of sp³-hybridized carbons (Fsp3) is 0.476. The van der Waals surface area contributed by atoms with Gasteiger partial charge >= 0.3 is 6.03 Å². The van der Waals surface area contributed by atoms with Crippen molar-refractivity contribution in [3.8, 4) is 5.75 Å². The number of furan rings is 1. The van der Waals surface area contributed by atoms with E-state index in [1.165, 1.54) is 18.4 Å². The summed E-state index contributed by atoms with van der Waals surface area (Å²) in [6.07, 6.45) is 4.17. The normalized spacial score (nSPS) is 18.9. The van der Waals surface area contributed by atoms with Crippen LogP contribution in [0.15, 0.2) is 47.1 Å². The number of amides is 2. The summed E-state index contributed by atoms with van der Waals surface area (Å²) < 4.78 is 11.5. The number of likely N-dealkylation sites (tertiary alicyclic amines) is 2. The molecule has 2 fully saturated rings. The molecule has 1 aromatic heterocycles. The van der Waals surface area contributed by atoms with Crippen LogP contribution >= 0.6 is 0 Å². The highest BCUT2D eigenvalue weighted by Crippen LogP contribution is 2.25. The predicted molar refractivity (Wildman–Crippen MR) is 103 cm³/mol. The number of aryl methyl sites for hydroxylation is 1. The van der Waals surface area contributed by atoms with Crippen LogP contribution in [0.5, 0.6) is 5.75 Å². The molecule has 2 aliphatic heterocycles. The van der Waals surface area contributed by atoms with Gasteiger partial charge in [0.05, 0.1) is 25.4 Å². The average molecular weight is 369 g/mol. The van der Waals surface area contributed by atoms with Crippen LogP contribution in [-0.4, -0.2) is 54.7 Å². The molecule has 0 radical (unpaired) electrons. The number of nitrogens with zero attached hydrogens (tertiary/aromatic N) is 2. The topological polar surface area (TPSA) is 58.0 Å². The van der Waals surface area contributed by atoms with E-state index in [1.54, 1.807) is 11.2 Å². The number of urea groups is 1. The van der Waals surface area contributed by atoms with Crippen molar-refractivity contribution in [2.24, 2.45) is 0 Å². The van der Waals surface area contributed by atoms with E-state index < -0.39 is 0 Å². The van der Waals surface area contributed by atoms with Gasteiger partial charge in [-0.3, -0.25) is 4.90 Å². The van der Waals surface area contributed by atoms with Gasteiger partial charge in [0.25, 0.3) is 0 Å². The third kappa shape index (κ3) is 4.27. The first-order chi connectivity index (χ1) is 13.2. The molecule has 144 valence electrons. The number of rotatable bonds is 6. The van der Waals surface area contributed by atoms with Gasteiger partial charge in [0.15, 0.2) is 0 Å². The zero-order chi connectivity index (χ0) is 18.6. The molecule has 1 N–H and O–H groups in total. The van der Waals surface area contributed by atoms with Crippen LogP contribution < -0.4 is 10.1 Å². The molecule has 27 heavy (non-hydrogen) atoms. The largest absolute Gasteiger partial charge is 0.487 e. The first-order valence-corrected chi connectivity index (χ1v) is 9.72. The van der Waals surface area contributed by atoms with Crippen molar-refractivity contribution in [2.75, 3.05) is 32.7 Å². The van der Waals surface area contributed by atoms with E-state index in [0.29, 0.717) is 19.6 Å². The van der Waals surface area contributed by atoms with Crippen molar-refractivity contribution < 1.29 is 13.9 Å². The molecule has 2 saturated heterocycles. The molecule has 1 aromatic carbocycles. The Morgan fingerprint density at radius 1 is 1.26 bits per heavy atom. The van der Waals surface area contributed by atoms with Gasteiger partial charge in [0.2, 0.25) is 0 Å². The van der Waals surface area contributed by atoms with Crippen LogP contribution in [0.2, 0.25) is 0 Å². The Bertz CT molecular complexity index is 750.